The number of hydrogen-bond donors (Lipinski definition) is 1. The molecule has 3 unspecified atom stereocenters. The summed E-state index contributed by atoms with van der Waals surface area (Å²) >= 11 is 0. The maximum Gasteiger partial charge on any atom is 0.314 e. The number of carboxylic acids is 1. The maximum atomic E-state index is 15.2. The molecule has 37 heavy (non-hydrogen) atoms. The Bertz CT molecular complexity index is 919. The van der Waals surface area contributed by atoms with Gasteiger partial charge in [0.25, 0.3) is 0 Å². The van der Waals surface area contributed by atoms with Crippen molar-refractivity contribution in [1.29, 1.82) is 0 Å². The van der Waals surface area contributed by atoms with Crippen molar-refractivity contribution in [2.75, 3.05) is 0 Å². The molecule has 1 N–H and O–H groups in total. The van der Waals surface area contributed by atoms with Crippen molar-refractivity contribution < 1.29 is 18.7 Å². The molecule has 0 aromatic heterocycles. The normalized spacial score (nSPS) is 22.3. The van der Waals surface area contributed by atoms with Crippen molar-refractivity contribution in [2.45, 2.75) is 115 Å². The molecule has 2 aromatic carbocycles. The second-order valence-electron chi connectivity index (χ2n) is 11.2. The van der Waals surface area contributed by atoms with E-state index in [0.29, 0.717) is 25.7 Å². The van der Waals surface area contributed by atoms with Crippen LogP contribution in [0.1, 0.15) is 103 Å². The van der Waals surface area contributed by atoms with E-state index in [2.05, 4.69) is 6.92 Å². The van der Waals surface area contributed by atoms with Crippen molar-refractivity contribution in [3.05, 3.63) is 60.2 Å². The molecule has 1 fully saturated rings. The van der Waals surface area contributed by atoms with Gasteiger partial charge in [0.1, 0.15) is 12.3 Å². The van der Waals surface area contributed by atoms with Gasteiger partial charge in [0.15, 0.2) is 0 Å². The highest BCUT2D eigenvalue weighted by Gasteiger charge is 2.44. The van der Waals surface area contributed by atoms with Crippen molar-refractivity contribution in [3.63, 3.8) is 0 Å². The van der Waals surface area contributed by atoms with Gasteiger partial charge in [-0.3, -0.25) is 4.79 Å². The fourth-order valence-corrected chi connectivity index (χ4v) is 6.23. The molecule has 0 amide bonds. The Morgan fingerprint density at radius 3 is 2.08 bits per heavy atom. The number of alkyl halides is 2. The number of halogens is 2. The number of carbonyl (C=O) groups is 1. The molecular weight excluding hydrogens is 466 g/mol. The van der Waals surface area contributed by atoms with E-state index >= 15 is 8.78 Å². The summed E-state index contributed by atoms with van der Waals surface area (Å²) in [4.78, 5) is 12.5. The topological polar surface area (TPSA) is 37.3 Å². The first-order valence-electron chi connectivity index (χ1n) is 14.6. The lowest BCUT2D eigenvalue weighted by Gasteiger charge is -2.38. The summed E-state index contributed by atoms with van der Waals surface area (Å²) in [6, 6.07) is 17.9. The lowest BCUT2D eigenvalue weighted by molar-refractivity contribution is -0.145. The molecule has 0 bridgehead atoms. The molecule has 0 heterocycles. The first-order valence-corrected chi connectivity index (χ1v) is 14.6. The summed E-state index contributed by atoms with van der Waals surface area (Å²) in [7, 11) is 0. The van der Waals surface area contributed by atoms with Gasteiger partial charge in [-0.1, -0.05) is 107 Å². The van der Waals surface area contributed by atoms with Crippen LogP contribution in [0.25, 0.3) is 11.1 Å². The van der Waals surface area contributed by atoms with Crippen molar-refractivity contribution in [1.82, 2.24) is 0 Å². The van der Waals surface area contributed by atoms with Crippen molar-refractivity contribution >= 4 is 5.97 Å². The van der Waals surface area contributed by atoms with Gasteiger partial charge < -0.3 is 5.11 Å². The molecule has 1 aliphatic rings. The van der Waals surface area contributed by atoms with E-state index in [0.717, 1.165) is 48.8 Å². The second-order valence-corrected chi connectivity index (χ2v) is 11.2. The molecule has 3 rings (SSSR count). The minimum atomic E-state index is -1.46. The van der Waals surface area contributed by atoms with Gasteiger partial charge in [-0.05, 0) is 73.5 Å². The molecule has 2 nitrogen and oxygen atoms in total. The highest BCUT2D eigenvalue weighted by molar-refractivity contribution is 5.82. The van der Waals surface area contributed by atoms with E-state index in [1.54, 1.807) is 0 Å². The van der Waals surface area contributed by atoms with Crippen LogP contribution in [0.3, 0.4) is 0 Å². The average Bonchev–Trinajstić information content (AvgIpc) is 2.93. The lowest BCUT2D eigenvalue weighted by Crippen LogP contribution is -2.40. The number of hydrogen-bond acceptors (Lipinski definition) is 1. The van der Waals surface area contributed by atoms with Gasteiger partial charge in [0.2, 0.25) is 0 Å². The first kappa shape index (κ1) is 29.3. The highest BCUT2D eigenvalue weighted by atomic mass is 19.2. The zero-order valence-corrected chi connectivity index (χ0v) is 22.8. The Kier molecular flexibility index (Phi) is 11.6. The van der Waals surface area contributed by atoms with Crippen LogP contribution in [0, 0.1) is 11.8 Å². The molecule has 0 aliphatic heterocycles. The zero-order valence-electron chi connectivity index (χ0n) is 22.8. The smallest absolute Gasteiger partial charge is 0.314 e. The highest BCUT2D eigenvalue weighted by Crippen LogP contribution is 2.44. The summed E-state index contributed by atoms with van der Waals surface area (Å²) in [5, 5.41) is 10.2. The Labute approximate surface area is 222 Å². The number of benzene rings is 2. The molecule has 2 aromatic rings. The van der Waals surface area contributed by atoms with E-state index in [4.69, 9.17) is 0 Å². The number of carboxylic acid groups (broad SMARTS) is 1. The molecule has 0 saturated heterocycles. The minimum Gasteiger partial charge on any atom is -0.481 e. The van der Waals surface area contributed by atoms with Crippen molar-refractivity contribution in [3.8, 4) is 11.1 Å². The van der Waals surface area contributed by atoms with Gasteiger partial charge in [-0.2, -0.15) is 0 Å². The minimum absolute atomic E-state index is 0.0381. The predicted molar refractivity (Wildman–Crippen MR) is 149 cm³/mol. The van der Waals surface area contributed by atoms with Crippen LogP contribution in [0.15, 0.2) is 54.6 Å². The van der Waals surface area contributed by atoms with Gasteiger partial charge in [-0.25, -0.2) is 8.78 Å². The molecule has 204 valence electrons. The molecule has 0 radical (unpaired) electrons. The number of aliphatic carboxylic acids is 1. The van der Waals surface area contributed by atoms with Crippen LogP contribution in [-0.4, -0.2) is 23.4 Å². The second kappa shape index (κ2) is 14.6. The monoisotopic (exact) mass is 512 g/mol. The molecule has 1 saturated carbocycles. The molecule has 4 heteroatoms. The fourth-order valence-electron chi connectivity index (χ4n) is 6.23. The summed E-state index contributed by atoms with van der Waals surface area (Å²) in [6.07, 6.45) is 7.54. The van der Waals surface area contributed by atoms with Crippen LogP contribution in [0.2, 0.25) is 0 Å². The average molecular weight is 513 g/mol. The van der Waals surface area contributed by atoms with E-state index in [-0.39, 0.29) is 18.3 Å². The largest absolute Gasteiger partial charge is 0.481 e. The van der Waals surface area contributed by atoms with Crippen molar-refractivity contribution in [2.24, 2.45) is 11.8 Å². The molecular formula is C33H46F2O2. The van der Waals surface area contributed by atoms with Crippen LogP contribution in [0.4, 0.5) is 8.78 Å². The molecule has 3 atom stereocenters. The summed E-state index contributed by atoms with van der Waals surface area (Å²) in [5.74, 6) is -0.979. The van der Waals surface area contributed by atoms with Gasteiger partial charge in [0.05, 0.1) is 5.41 Å². The summed E-state index contributed by atoms with van der Waals surface area (Å²) in [6.45, 7) is 4.22. The Hall–Kier alpha value is -2.23. The first-order chi connectivity index (χ1) is 17.9. The van der Waals surface area contributed by atoms with E-state index < -0.39 is 23.7 Å². The van der Waals surface area contributed by atoms with Crippen LogP contribution >= 0.6 is 0 Å². The Morgan fingerprint density at radius 2 is 1.49 bits per heavy atom. The van der Waals surface area contributed by atoms with E-state index in [1.807, 2.05) is 61.5 Å². The third kappa shape index (κ3) is 7.88. The SMILES string of the molecule is CCCCCCCC(CCC)C(F)C(F)C[C@H]1CC[C@@](C(=O)O)(c2ccc(-c3ccccc3)cc2)CC1. The van der Waals surface area contributed by atoms with E-state index in [9.17, 15) is 9.90 Å². The van der Waals surface area contributed by atoms with Gasteiger partial charge >= 0.3 is 5.97 Å². The van der Waals surface area contributed by atoms with Gasteiger partial charge in [0, 0.05) is 0 Å². The van der Waals surface area contributed by atoms with Gasteiger partial charge in [-0.15, -0.1) is 0 Å². The predicted octanol–water partition coefficient (Wildman–Crippen LogP) is 9.71. The van der Waals surface area contributed by atoms with Crippen LogP contribution in [-0.2, 0) is 10.2 Å². The third-order valence-corrected chi connectivity index (χ3v) is 8.61. The number of rotatable bonds is 15. The summed E-state index contributed by atoms with van der Waals surface area (Å²) in [5.41, 5.74) is 2.01. The lowest BCUT2D eigenvalue weighted by atomic mass is 9.65. The standard InChI is InChI=1S/C33H46F2O2/c1-3-5-6-7-9-15-28(12-4-2)31(35)30(34)24-25-20-22-33(23-21-25,32(36)37)29-18-16-27(17-19-29)26-13-10-8-11-14-26/h8,10-11,13-14,16-19,25,28,30-31H,3-7,9,12,15,20-24H2,1-2H3,(H,36,37)/t25-,28?,30?,31?,33-. The summed E-state index contributed by atoms with van der Waals surface area (Å²) < 4.78 is 30.4. The number of unbranched alkanes of at least 4 members (excludes halogenated alkanes) is 4. The van der Waals surface area contributed by atoms with Crippen LogP contribution < -0.4 is 0 Å². The quantitative estimate of drug-likeness (QED) is 0.241. The zero-order chi connectivity index (χ0) is 26.7. The fraction of sp³-hybridized carbons (Fsp3) is 0.606. The third-order valence-electron chi connectivity index (χ3n) is 8.61. The molecule has 0 spiro atoms. The maximum absolute atomic E-state index is 15.2. The Morgan fingerprint density at radius 1 is 0.865 bits per heavy atom. The Balaban J connectivity index is 1.57. The van der Waals surface area contributed by atoms with E-state index in [1.165, 1.54) is 19.3 Å². The van der Waals surface area contributed by atoms with Crippen LogP contribution in [0.5, 0.6) is 0 Å². The molecule has 1 aliphatic carbocycles.